The van der Waals surface area contributed by atoms with Crippen molar-refractivity contribution in [1.29, 1.82) is 0 Å². The minimum Gasteiger partial charge on any atom is -0.484 e. The van der Waals surface area contributed by atoms with Crippen LogP contribution in [0.2, 0.25) is 0 Å². The van der Waals surface area contributed by atoms with Crippen LogP contribution in [-0.2, 0) is 0 Å². The standard InChI is InChI=1S/C10H9FOS2/c1-2-12-8-5-6-3-4-7(13)9(11)10(6)14-8/h3-5,13H,2H2,1H3. The van der Waals surface area contributed by atoms with Gasteiger partial charge in [-0.2, -0.15) is 0 Å². The quantitative estimate of drug-likeness (QED) is 0.771. The number of ether oxygens (including phenoxy) is 1. The maximum absolute atomic E-state index is 13.5. The Morgan fingerprint density at radius 3 is 3.00 bits per heavy atom. The van der Waals surface area contributed by atoms with E-state index in [1.165, 1.54) is 11.3 Å². The molecule has 0 unspecified atom stereocenters. The SMILES string of the molecule is CCOc1cc2ccc(S)c(F)c2s1. The second-order valence-electron chi connectivity index (χ2n) is 2.82. The lowest BCUT2D eigenvalue weighted by molar-refractivity contribution is 0.350. The van der Waals surface area contributed by atoms with Crippen LogP contribution < -0.4 is 4.74 Å². The predicted molar refractivity (Wildman–Crippen MR) is 60.2 cm³/mol. The molecule has 14 heavy (non-hydrogen) atoms. The van der Waals surface area contributed by atoms with Crippen molar-refractivity contribution in [3.63, 3.8) is 0 Å². The molecule has 0 aliphatic carbocycles. The van der Waals surface area contributed by atoms with Gasteiger partial charge in [-0.15, -0.1) is 12.6 Å². The summed E-state index contributed by atoms with van der Waals surface area (Å²) in [6.07, 6.45) is 0. The third-order valence-electron chi connectivity index (χ3n) is 1.87. The summed E-state index contributed by atoms with van der Waals surface area (Å²) in [5, 5.41) is 1.62. The minimum atomic E-state index is -0.262. The maximum Gasteiger partial charge on any atom is 0.175 e. The highest BCUT2D eigenvalue weighted by molar-refractivity contribution is 7.80. The monoisotopic (exact) mass is 228 g/mol. The molecular weight excluding hydrogens is 219 g/mol. The smallest absolute Gasteiger partial charge is 0.175 e. The Morgan fingerprint density at radius 1 is 1.50 bits per heavy atom. The molecule has 0 radical (unpaired) electrons. The highest BCUT2D eigenvalue weighted by atomic mass is 32.1. The second kappa shape index (κ2) is 3.79. The number of fused-ring (bicyclic) bond motifs is 1. The first-order valence-electron chi connectivity index (χ1n) is 4.26. The summed E-state index contributed by atoms with van der Waals surface area (Å²) in [5.74, 6) is -0.262. The molecule has 1 aromatic heterocycles. The molecule has 74 valence electrons. The van der Waals surface area contributed by atoms with Gasteiger partial charge in [-0.1, -0.05) is 17.4 Å². The van der Waals surface area contributed by atoms with Crippen LogP contribution in [0.1, 0.15) is 6.92 Å². The van der Waals surface area contributed by atoms with Gasteiger partial charge in [0.05, 0.1) is 11.3 Å². The Bertz CT molecular complexity index is 464. The van der Waals surface area contributed by atoms with E-state index in [9.17, 15) is 4.39 Å². The van der Waals surface area contributed by atoms with Gasteiger partial charge < -0.3 is 4.74 Å². The van der Waals surface area contributed by atoms with Gasteiger partial charge in [-0.05, 0) is 24.4 Å². The fourth-order valence-electron chi connectivity index (χ4n) is 1.25. The number of benzene rings is 1. The molecule has 0 saturated heterocycles. The lowest BCUT2D eigenvalue weighted by Crippen LogP contribution is -1.86. The Kier molecular flexibility index (Phi) is 2.65. The Hall–Kier alpha value is -0.740. The number of hydrogen-bond donors (Lipinski definition) is 1. The van der Waals surface area contributed by atoms with Crippen molar-refractivity contribution < 1.29 is 9.13 Å². The average molecular weight is 228 g/mol. The molecule has 0 aliphatic heterocycles. The van der Waals surface area contributed by atoms with Crippen molar-refractivity contribution in [1.82, 2.24) is 0 Å². The fourth-order valence-corrected chi connectivity index (χ4v) is 2.52. The first-order valence-corrected chi connectivity index (χ1v) is 5.52. The van der Waals surface area contributed by atoms with E-state index in [0.717, 1.165) is 10.4 Å². The van der Waals surface area contributed by atoms with E-state index in [1.807, 2.05) is 19.1 Å². The predicted octanol–water partition coefficient (Wildman–Crippen LogP) is 3.73. The summed E-state index contributed by atoms with van der Waals surface area (Å²) in [4.78, 5) is 0.377. The fraction of sp³-hybridized carbons (Fsp3) is 0.200. The zero-order valence-corrected chi connectivity index (χ0v) is 9.29. The molecule has 0 aliphatic rings. The van der Waals surface area contributed by atoms with Crippen molar-refractivity contribution in [2.75, 3.05) is 6.61 Å². The summed E-state index contributed by atoms with van der Waals surface area (Å²) < 4.78 is 19.5. The van der Waals surface area contributed by atoms with E-state index >= 15 is 0 Å². The van der Waals surface area contributed by atoms with Gasteiger partial charge in [-0.25, -0.2) is 4.39 Å². The van der Waals surface area contributed by atoms with Crippen molar-refractivity contribution >= 4 is 34.1 Å². The van der Waals surface area contributed by atoms with Gasteiger partial charge in [0, 0.05) is 4.90 Å². The van der Waals surface area contributed by atoms with E-state index in [0.29, 0.717) is 16.2 Å². The summed E-state index contributed by atoms with van der Waals surface area (Å²) in [6.45, 7) is 2.51. The molecule has 2 aromatic rings. The van der Waals surface area contributed by atoms with Crippen molar-refractivity contribution in [3.8, 4) is 5.06 Å². The van der Waals surface area contributed by atoms with E-state index < -0.39 is 0 Å². The molecule has 1 aromatic carbocycles. The van der Waals surface area contributed by atoms with Crippen LogP contribution in [-0.4, -0.2) is 6.61 Å². The van der Waals surface area contributed by atoms with Gasteiger partial charge in [0.1, 0.15) is 0 Å². The van der Waals surface area contributed by atoms with Gasteiger partial charge in [0.2, 0.25) is 0 Å². The van der Waals surface area contributed by atoms with Gasteiger partial charge in [0.25, 0.3) is 0 Å². The maximum atomic E-state index is 13.5. The third-order valence-corrected chi connectivity index (χ3v) is 3.27. The van der Waals surface area contributed by atoms with Crippen LogP contribution in [0.5, 0.6) is 5.06 Å². The van der Waals surface area contributed by atoms with Crippen LogP contribution in [0.4, 0.5) is 4.39 Å². The van der Waals surface area contributed by atoms with Crippen LogP contribution in [0.25, 0.3) is 10.1 Å². The Morgan fingerprint density at radius 2 is 2.29 bits per heavy atom. The molecule has 0 fully saturated rings. The minimum absolute atomic E-state index is 0.262. The van der Waals surface area contributed by atoms with Crippen molar-refractivity contribution in [2.24, 2.45) is 0 Å². The number of halogens is 1. The second-order valence-corrected chi connectivity index (χ2v) is 4.31. The molecule has 2 rings (SSSR count). The zero-order valence-electron chi connectivity index (χ0n) is 7.58. The summed E-state index contributed by atoms with van der Waals surface area (Å²) >= 11 is 5.34. The molecule has 0 amide bonds. The summed E-state index contributed by atoms with van der Waals surface area (Å²) in [7, 11) is 0. The molecule has 1 heterocycles. The van der Waals surface area contributed by atoms with Gasteiger partial charge in [0.15, 0.2) is 10.9 Å². The van der Waals surface area contributed by atoms with Crippen LogP contribution in [0, 0.1) is 5.82 Å². The topological polar surface area (TPSA) is 9.23 Å². The lowest BCUT2D eigenvalue weighted by Gasteiger charge is -1.95. The van der Waals surface area contributed by atoms with E-state index in [2.05, 4.69) is 12.6 Å². The molecule has 0 atom stereocenters. The summed E-state index contributed by atoms with van der Waals surface area (Å²) in [5.41, 5.74) is 0. The largest absolute Gasteiger partial charge is 0.484 e. The third kappa shape index (κ3) is 1.60. The average Bonchev–Trinajstić information content (AvgIpc) is 2.56. The number of thiophene rings is 1. The highest BCUT2D eigenvalue weighted by Gasteiger charge is 2.09. The summed E-state index contributed by atoms with van der Waals surface area (Å²) in [6, 6.07) is 5.35. The molecule has 0 saturated carbocycles. The highest BCUT2D eigenvalue weighted by Crippen LogP contribution is 2.35. The zero-order chi connectivity index (χ0) is 10.1. The first kappa shape index (κ1) is 9.80. The van der Waals surface area contributed by atoms with Crippen molar-refractivity contribution in [3.05, 3.63) is 24.0 Å². The van der Waals surface area contributed by atoms with E-state index in [-0.39, 0.29) is 5.82 Å². The first-order chi connectivity index (χ1) is 6.72. The molecule has 4 heteroatoms. The molecule has 1 nitrogen and oxygen atoms in total. The van der Waals surface area contributed by atoms with Crippen LogP contribution >= 0.6 is 24.0 Å². The van der Waals surface area contributed by atoms with E-state index in [4.69, 9.17) is 4.74 Å². The number of rotatable bonds is 2. The number of thiol groups is 1. The van der Waals surface area contributed by atoms with Gasteiger partial charge in [-0.3, -0.25) is 0 Å². The van der Waals surface area contributed by atoms with Crippen LogP contribution in [0.3, 0.4) is 0 Å². The molecule has 0 bridgehead atoms. The van der Waals surface area contributed by atoms with Crippen molar-refractivity contribution in [2.45, 2.75) is 11.8 Å². The molecular formula is C10H9FOS2. The van der Waals surface area contributed by atoms with Gasteiger partial charge >= 0.3 is 0 Å². The lowest BCUT2D eigenvalue weighted by atomic mass is 10.2. The normalized spacial score (nSPS) is 10.8. The number of hydrogen-bond acceptors (Lipinski definition) is 3. The molecule has 0 spiro atoms. The Labute approximate surface area is 90.9 Å². The van der Waals surface area contributed by atoms with Crippen LogP contribution in [0.15, 0.2) is 23.1 Å². The molecule has 0 N–H and O–H groups in total. The Balaban J connectivity index is 2.59. The van der Waals surface area contributed by atoms with E-state index in [1.54, 1.807) is 6.07 Å².